The highest BCUT2D eigenvalue weighted by Gasteiger charge is 2.00. The molecule has 0 spiro atoms. The van der Waals surface area contributed by atoms with Crippen molar-refractivity contribution in [3.63, 3.8) is 0 Å². The largest absolute Gasteiger partial charge is 0.480 e. The summed E-state index contributed by atoms with van der Waals surface area (Å²) in [5.41, 5.74) is 0.325. The Morgan fingerprint density at radius 3 is 2.71 bits per heavy atom. The first-order valence-corrected chi connectivity index (χ1v) is 4.77. The highest BCUT2D eigenvalue weighted by Crippen LogP contribution is 2.07. The number of urea groups is 1. The second-order valence-corrected chi connectivity index (χ2v) is 3.08. The Morgan fingerprint density at radius 2 is 2.06 bits per heavy atom. The quantitative estimate of drug-likeness (QED) is 0.737. The summed E-state index contributed by atoms with van der Waals surface area (Å²) in [5.74, 6) is -1.55. The number of carbonyl (C=O) groups excluding carboxylic acids is 1. The Morgan fingerprint density at radius 1 is 1.35 bits per heavy atom. The third-order valence-corrected chi connectivity index (χ3v) is 1.78. The van der Waals surface area contributed by atoms with E-state index in [1.54, 1.807) is 18.2 Å². The Balaban J connectivity index is 2.43. The molecule has 0 aliphatic carbocycles. The van der Waals surface area contributed by atoms with Crippen molar-refractivity contribution < 1.29 is 19.1 Å². The van der Waals surface area contributed by atoms with E-state index < -0.39 is 24.4 Å². The monoisotopic (exact) mass is 238 g/mol. The number of amides is 2. The normalized spacial score (nSPS) is 10.2. The molecule has 0 radical (unpaired) electrons. The van der Waals surface area contributed by atoms with Gasteiger partial charge in [-0.1, -0.05) is 18.2 Å². The molecule has 2 amide bonds. The van der Waals surface area contributed by atoms with Gasteiger partial charge < -0.3 is 15.7 Å². The van der Waals surface area contributed by atoms with Gasteiger partial charge in [0.15, 0.2) is 0 Å². The number of aliphatic carboxylic acids is 1. The second-order valence-electron chi connectivity index (χ2n) is 3.08. The maximum absolute atomic E-state index is 13.1. The van der Waals surface area contributed by atoms with E-state index in [0.29, 0.717) is 5.56 Å². The Hall–Kier alpha value is -2.37. The average Bonchev–Trinajstić information content (AvgIpc) is 2.29. The van der Waals surface area contributed by atoms with Crippen LogP contribution in [0.25, 0.3) is 6.08 Å². The molecule has 0 unspecified atom stereocenters. The smallest absolute Gasteiger partial charge is 0.323 e. The molecule has 90 valence electrons. The van der Waals surface area contributed by atoms with Gasteiger partial charge in [0.1, 0.15) is 12.4 Å². The van der Waals surface area contributed by atoms with E-state index in [-0.39, 0.29) is 0 Å². The lowest BCUT2D eigenvalue weighted by Gasteiger charge is -2.00. The van der Waals surface area contributed by atoms with Gasteiger partial charge in [0, 0.05) is 11.8 Å². The predicted molar refractivity (Wildman–Crippen MR) is 59.6 cm³/mol. The van der Waals surface area contributed by atoms with Crippen molar-refractivity contribution in [3.05, 3.63) is 41.8 Å². The minimum atomic E-state index is -1.14. The third kappa shape index (κ3) is 4.78. The molecule has 1 rings (SSSR count). The lowest BCUT2D eigenvalue weighted by molar-refractivity contribution is -0.135. The molecule has 0 bridgehead atoms. The van der Waals surface area contributed by atoms with E-state index in [1.807, 2.05) is 0 Å². The van der Waals surface area contributed by atoms with Crippen molar-refractivity contribution >= 4 is 18.1 Å². The first-order chi connectivity index (χ1) is 8.09. The number of benzene rings is 1. The number of carbonyl (C=O) groups is 2. The minimum absolute atomic E-state index is 0.325. The van der Waals surface area contributed by atoms with Crippen LogP contribution in [-0.4, -0.2) is 23.7 Å². The van der Waals surface area contributed by atoms with E-state index in [4.69, 9.17) is 5.11 Å². The van der Waals surface area contributed by atoms with E-state index in [0.717, 1.165) is 0 Å². The van der Waals surface area contributed by atoms with Gasteiger partial charge in [-0.15, -0.1) is 0 Å². The summed E-state index contributed by atoms with van der Waals surface area (Å²) in [4.78, 5) is 21.1. The SMILES string of the molecule is O=C(O)CNC(=O)N/C=C/c1ccccc1F. The number of carboxylic acids is 1. The number of halogens is 1. The molecule has 3 N–H and O–H groups in total. The van der Waals surface area contributed by atoms with Gasteiger partial charge in [-0.05, 0) is 12.1 Å². The van der Waals surface area contributed by atoms with Gasteiger partial charge in [0.25, 0.3) is 0 Å². The molecule has 1 aromatic carbocycles. The van der Waals surface area contributed by atoms with Crippen molar-refractivity contribution in [3.8, 4) is 0 Å². The van der Waals surface area contributed by atoms with Crippen LogP contribution in [0.1, 0.15) is 5.56 Å². The summed E-state index contributed by atoms with van der Waals surface area (Å²) in [6, 6.07) is 5.39. The molecule has 0 saturated heterocycles. The zero-order chi connectivity index (χ0) is 12.7. The van der Waals surface area contributed by atoms with Gasteiger partial charge in [-0.3, -0.25) is 4.79 Å². The van der Waals surface area contributed by atoms with Gasteiger partial charge in [-0.25, -0.2) is 9.18 Å². The van der Waals surface area contributed by atoms with Crippen molar-refractivity contribution in [1.82, 2.24) is 10.6 Å². The van der Waals surface area contributed by atoms with E-state index in [2.05, 4.69) is 10.6 Å². The van der Waals surface area contributed by atoms with Crippen LogP contribution in [-0.2, 0) is 4.79 Å². The van der Waals surface area contributed by atoms with Crippen molar-refractivity contribution in [2.45, 2.75) is 0 Å². The number of nitrogens with one attached hydrogen (secondary N) is 2. The van der Waals surface area contributed by atoms with Crippen LogP contribution in [0, 0.1) is 5.82 Å². The van der Waals surface area contributed by atoms with Crippen LogP contribution in [0.15, 0.2) is 30.5 Å². The summed E-state index contributed by atoms with van der Waals surface area (Å²) in [5, 5.41) is 12.6. The molecule has 1 aromatic rings. The Labute approximate surface area is 96.9 Å². The molecule has 17 heavy (non-hydrogen) atoms. The fourth-order valence-electron chi connectivity index (χ4n) is 1.02. The maximum Gasteiger partial charge on any atom is 0.323 e. The molecular formula is C11H11FN2O3. The number of rotatable bonds is 4. The molecule has 0 aromatic heterocycles. The number of carboxylic acid groups (broad SMARTS) is 1. The van der Waals surface area contributed by atoms with E-state index >= 15 is 0 Å². The van der Waals surface area contributed by atoms with Crippen molar-refractivity contribution in [2.75, 3.05) is 6.54 Å². The first-order valence-electron chi connectivity index (χ1n) is 4.77. The minimum Gasteiger partial charge on any atom is -0.480 e. The summed E-state index contributed by atoms with van der Waals surface area (Å²) in [7, 11) is 0. The number of hydrogen-bond acceptors (Lipinski definition) is 2. The fraction of sp³-hybridized carbons (Fsp3) is 0.0909. The van der Waals surface area contributed by atoms with E-state index in [1.165, 1.54) is 18.3 Å². The number of hydrogen-bond donors (Lipinski definition) is 3. The highest BCUT2D eigenvalue weighted by molar-refractivity contribution is 5.80. The predicted octanol–water partition coefficient (Wildman–Crippen LogP) is 1.18. The van der Waals surface area contributed by atoms with Crippen LogP contribution in [0.2, 0.25) is 0 Å². The van der Waals surface area contributed by atoms with Crippen LogP contribution >= 0.6 is 0 Å². The van der Waals surface area contributed by atoms with Gasteiger partial charge in [-0.2, -0.15) is 0 Å². The van der Waals surface area contributed by atoms with E-state index in [9.17, 15) is 14.0 Å². The average molecular weight is 238 g/mol. The van der Waals surface area contributed by atoms with Crippen LogP contribution in [0.5, 0.6) is 0 Å². The van der Waals surface area contributed by atoms with Crippen molar-refractivity contribution in [1.29, 1.82) is 0 Å². The van der Waals surface area contributed by atoms with Crippen LogP contribution < -0.4 is 10.6 Å². The fourth-order valence-corrected chi connectivity index (χ4v) is 1.02. The Kier molecular flexibility index (Phi) is 4.68. The highest BCUT2D eigenvalue weighted by atomic mass is 19.1. The molecular weight excluding hydrogens is 227 g/mol. The molecule has 0 atom stereocenters. The van der Waals surface area contributed by atoms with Gasteiger partial charge in [0.2, 0.25) is 0 Å². The van der Waals surface area contributed by atoms with Crippen molar-refractivity contribution in [2.24, 2.45) is 0 Å². The summed E-state index contributed by atoms with van der Waals surface area (Å²) < 4.78 is 13.1. The molecule has 0 heterocycles. The standard InChI is InChI=1S/C11H11FN2O3/c12-9-4-2-1-3-8(9)5-6-13-11(17)14-7-10(15)16/h1-6H,7H2,(H,15,16)(H2,13,14,17)/b6-5+. The second kappa shape index (κ2) is 6.26. The topological polar surface area (TPSA) is 78.4 Å². The van der Waals surface area contributed by atoms with Crippen LogP contribution in [0.4, 0.5) is 9.18 Å². The van der Waals surface area contributed by atoms with Crippen LogP contribution in [0.3, 0.4) is 0 Å². The maximum atomic E-state index is 13.1. The molecule has 0 aliphatic rings. The zero-order valence-corrected chi connectivity index (χ0v) is 8.81. The molecule has 0 saturated carbocycles. The molecule has 0 aliphatic heterocycles. The zero-order valence-electron chi connectivity index (χ0n) is 8.81. The summed E-state index contributed by atoms with van der Waals surface area (Å²) in [6.07, 6.45) is 2.60. The molecule has 5 nitrogen and oxygen atoms in total. The Bertz CT molecular complexity index is 446. The summed E-state index contributed by atoms with van der Waals surface area (Å²) in [6.45, 7) is -0.473. The van der Waals surface area contributed by atoms with Gasteiger partial charge >= 0.3 is 12.0 Å². The molecule has 0 fully saturated rings. The van der Waals surface area contributed by atoms with Gasteiger partial charge in [0.05, 0.1) is 0 Å². The summed E-state index contributed by atoms with van der Waals surface area (Å²) >= 11 is 0. The lowest BCUT2D eigenvalue weighted by Crippen LogP contribution is -2.35. The lowest BCUT2D eigenvalue weighted by atomic mass is 10.2. The molecule has 6 heteroatoms. The third-order valence-electron chi connectivity index (χ3n) is 1.78. The first kappa shape index (κ1) is 12.7.